The summed E-state index contributed by atoms with van der Waals surface area (Å²) in [5.74, 6) is 0.137. The Bertz CT molecular complexity index is 1480. The maximum absolute atomic E-state index is 13.7. The minimum atomic E-state index is -0.227. The van der Waals surface area contributed by atoms with Crippen LogP contribution in [0.2, 0.25) is 0 Å². The lowest BCUT2D eigenvalue weighted by Gasteiger charge is -2.33. The highest BCUT2D eigenvalue weighted by atomic mass is 16.2. The van der Waals surface area contributed by atoms with Gasteiger partial charge < -0.3 is 10.2 Å². The molecule has 0 saturated carbocycles. The maximum atomic E-state index is 13.7. The number of nitrogens with zero attached hydrogens (tertiary/aromatic N) is 4. The third kappa shape index (κ3) is 4.87. The number of carbonyl (C=O) groups excluding carboxylic acids is 1. The quantitative estimate of drug-likeness (QED) is 0.450. The molecule has 7 heteroatoms. The predicted molar refractivity (Wildman–Crippen MR) is 144 cm³/mol. The molecule has 1 fully saturated rings. The molecule has 5 rings (SSSR count). The van der Waals surface area contributed by atoms with E-state index in [9.17, 15) is 9.59 Å². The van der Waals surface area contributed by atoms with Gasteiger partial charge in [-0.1, -0.05) is 42.0 Å². The molecule has 4 aromatic rings. The van der Waals surface area contributed by atoms with E-state index in [4.69, 9.17) is 4.98 Å². The van der Waals surface area contributed by atoms with Crippen molar-refractivity contribution in [2.45, 2.75) is 40.2 Å². The number of piperidine rings is 1. The number of aromatic nitrogens is 3. The fourth-order valence-corrected chi connectivity index (χ4v) is 4.78. The molecular weight excluding hydrogens is 450 g/mol. The average Bonchev–Trinajstić information content (AvgIpc) is 2.89. The first kappa shape index (κ1) is 23.7. The van der Waals surface area contributed by atoms with Gasteiger partial charge in [-0.2, -0.15) is 0 Å². The minimum absolute atomic E-state index is 0.0177. The molecule has 0 aliphatic carbocycles. The lowest BCUT2D eigenvalue weighted by Crippen LogP contribution is -2.44. The van der Waals surface area contributed by atoms with Crippen molar-refractivity contribution in [2.24, 2.45) is 5.92 Å². The van der Waals surface area contributed by atoms with Crippen LogP contribution >= 0.6 is 0 Å². The molecule has 1 aliphatic heterocycles. The first-order chi connectivity index (χ1) is 17.4. The summed E-state index contributed by atoms with van der Waals surface area (Å²) >= 11 is 0. The standard InChI is InChI=1S/C29H31N5O2/c1-19-9-12-22(13-10-19)17-34-26-24(7-4-14-30-26)31-27(29(34)36)33-15-5-6-23(18-33)28(35)32-25-16-20(2)8-11-21(25)3/h4,7-14,16,23H,5-6,15,17-18H2,1-3H3,(H,32,35)/t23-/m0/s1. The lowest BCUT2D eigenvalue weighted by molar-refractivity contribution is -0.120. The zero-order valence-electron chi connectivity index (χ0n) is 21.0. The molecule has 1 atom stereocenters. The number of amides is 1. The Labute approximate surface area is 210 Å². The van der Waals surface area contributed by atoms with E-state index in [0.29, 0.717) is 36.6 Å². The summed E-state index contributed by atoms with van der Waals surface area (Å²) in [7, 11) is 0. The molecule has 3 heterocycles. The van der Waals surface area contributed by atoms with Crippen molar-refractivity contribution in [1.29, 1.82) is 0 Å². The van der Waals surface area contributed by atoms with Gasteiger partial charge in [0.1, 0.15) is 5.52 Å². The fourth-order valence-electron chi connectivity index (χ4n) is 4.78. The minimum Gasteiger partial charge on any atom is -0.351 e. The van der Waals surface area contributed by atoms with Crippen molar-refractivity contribution in [3.63, 3.8) is 0 Å². The van der Waals surface area contributed by atoms with Crippen LogP contribution in [0.5, 0.6) is 0 Å². The van der Waals surface area contributed by atoms with E-state index in [1.165, 1.54) is 5.56 Å². The molecule has 2 aromatic heterocycles. The molecule has 36 heavy (non-hydrogen) atoms. The second-order valence-corrected chi connectivity index (χ2v) is 9.75. The third-order valence-electron chi connectivity index (χ3n) is 6.89. The van der Waals surface area contributed by atoms with Crippen LogP contribution in [-0.4, -0.2) is 33.5 Å². The Morgan fingerprint density at radius 1 is 1.06 bits per heavy atom. The molecule has 7 nitrogen and oxygen atoms in total. The molecule has 0 bridgehead atoms. The van der Waals surface area contributed by atoms with Crippen LogP contribution < -0.4 is 15.8 Å². The van der Waals surface area contributed by atoms with Gasteiger partial charge in [0.05, 0.1) is 12.5 Å². The van der Waals surface area contributed by atoms with Gasteiger partial charge in [-0.3, -0.25) is 14.2 Å². The maximum Gasteiger partial charge on any atom is 0.295 e. The molecule has 1 amide bonds. The molecule has 1 saturated heterocycles. The lowest BCUT2D eigenvalue weighted by atomic mass is 9.96. The van der Waals surface area contributed by atoms with Crippen LogP contribution in [0, 0.1) is 26.7 Å². The van der Waals surface area contributed by atoms with Crippen LogP contribution in [0.15, 0.2) is 65.6 Å². The number of pyridine rings is 1. The van der Waals surface area contributed by atoms with Crippen molar-refractivity contribution >= 4 is 28.6 Å². The summed E-state index contributed by atoms with van der Waals surface area (Å²) in [4.78, 5) is 38.1. The van der Waals surface area contributed by atoms with E-state index in [-0.39, 0.29) is 17.4 Å². The second-order valence-electron chi connectivity index (χ2n) is 9.75. The number of fused-ring (bicyclic) bond motifs is 1. The summed E-state index contributed by atoms with van der Waals surface area (Å²) in [6.45, 7) is 7.60. The Morgan fingerprint density at radius 2 is 1.83 bits per heavy atom. The molecule has 0 spiro atoms. The molecular formula is C29H31N5O2. The largest absolute Gasteiger partial charge is 0.351 e. The number of rotatable bonds is 5. The van der Waals surface area contributed by atoms with Gasteiger partial charge in [0, 0.05) is 25.0 Å². The van der Waals surface area contributed by atoms with Gasteiger partial charge in [0.15, 0.2) is 11.5 Å². The fraction of sp³-hybridized carbons (Fsp3) is 0.310. The summed E-state index contributed by atoms with van der Waals surface area (Å²) in [6.07, 6.45) is 3.28. The molecule has 0 radical (unpaired) electrons. The van der Waals surface area contributed by atoms with Crippen molar-refractivity contribution < 1.29 is 4.79 Å². The van der Waals surface area contributed by atoms with E-state index in [1.807, 2.05) is 80.3 Å². The summed E-state index contributed by atoms with van der Waals surface area (Å²) < 4.78 is 1.70. The van der Waals surface area contributed by atoms with Crippen molar-refractivity contribution in [1.82, 2.24) is 14.5 Å². The van der Waals surface area contributed by atoms with Crippen molar-refractivity contribution in [2.75, 3.05) is 23.3 Å². The van der Waals surface area contributed by atoms with E-state index in [0.717, 1.165) is 35.2 Å². The zero-order chi connectivity index (χ0) is 25.2. The number of aryl methyl sites for hydroxylation is 3. The Morgan fingerprint density at radius 3 is 2.64 bits per heavy atom. The van der Waals surface area contributed by atoms with Gasteiger partial charge in [-0.05, 0) is 68.5 Å². The number of carbonyl (C=O) groups is 1. The van der Waals surface area contributed by atoms with E-state index >= 15 is 0 Å². The normalized spacial score (nSPS) is 15.8. The summed E-state index contributed by atoms with van der Waals surface area (Å²) in [5.41, 5.74) is 6.21. The van der Waals surface area contributed by atoms with Gasteiger partial charge in [0.25, 0.3) is 5.56 Å². The second kappa shape index (κ2) is 9.93. The molecule has 1 aliphatic rings. The van der Waals surface area contributed by atoms with Gasteiger partial charge in [-0.25, -0.2) is 9.97 Å². The number of nitrogens with one attached hydrogen (secondary N) is 1. The molecule has 2 aromatic carbocycles. The highest BCUT2D eigenvalue weighted by Gasteiger charge is 2.29. The predicted octanol–water partition coefficient (Wildman–Crippen LogP) is 4.62. The van der Waals surface area contributed by atoms with Crippen LogP contribution in [0.4, 0.5) is 11.5 Å². The number of hydrogen-bond acceptors (Lipinski definition) is 5. The van der Waals surface area contributed by atoms with Crippen molar-refractivity contribution in [3.05, 3.63) is 93.4 Å². The van der Waals surface area contributed by atoms with E-state index in [2.05, 4.69) is 10.3 Å². The van der Waals surface area contributed by atoms with E-state index < -0.39 is 0 Å². The Balaban J connectivity index is 1.44. The van der Waals surface area contributed by atoms with Crippen LogP contribution in [0.1, 0.15) is 35.1 Å². The number of anilines is 2. The SMILES string of the molecule is Cc1ccc(Cn2c(=O)c(N3CCC[C@H](C(=O)Nc4cc(C)ccc4C)C3)nc3cccnc32)cc1. The van der Waals surface area contributed by atoms with E-state index in [1.54, 1.807) is 10.8 Å². The summed E-state index contributed by atoms with van der Waals surface area (Å²) in [5, 5.41) is 3.11. The average molecular weight is 482 g/mol. The van der Waals surface area contributed by atoms with Crippen LogP contribution in [0.25, 0.3) is 11.2 Å². The first-order valence-corrected chi connectivity index (χ1v) is 12.4. The molecule has 1 N–H and O–H groups in total. The number of hydrogen-bond donors (Lipinski definition) is 1. The van der Waals surface area contributed by atoms with Gasteiger partial charge in [0.2, 0.25) is 5.91 Å². The zero-order valence-corrected chi connectivity index (χ0v) is 21.0. The smallest absolute Gasteiger partial charge is 0.295 e. The number of benzene rings is 2. The summed E-state index contributed by atoms with van der Waals surface area (Å²) in [6, 6.07) is 17.9. The molecule has 184 valence electrons. The van der Waals surface area contributed by atoms with Crippen molar-refractivity contribution in [3.8, 4) is 0 Å². The van der Waals surface area contributed by atoms with Crippen LogP contribution in [0.3, 0.4) is 0 Å². The first-order valence-electron chi connectivity index (χ1n) is 12.4. The third-order valence-corrected chi connectivity index (χ3v) is 6.89. The Hall–Kier alpha value is -4.00. The van der Waals surface area contributed by atoms with Crippen LogP contribution in [-0.2, 0) is 11.3 Å². The highest BCUT2D eigenvalue weighted by molar-refractivity contribution is 5.93. The monoisotopic (exact) mass is 481 g/mol. The van der Waals surface area contributed by atoms with Gasteiger partial charge >= 0.3 is 0 Å². The topological polar surface area (TPSA) is 80.1 Å². The Kier molecular flexibility index (Phi) is 6.55. The van der Waals surface area contributed by atoms with Gasteiger partial charge in [-0.15, -0.1) is 0 Å². The highest BCUT2D eigenvalue weighted by Crippen LogP contribution is 2.24. The molecule has 0 unspecified atom stereocenters.